The third-order valence-electron chi connectivity index (χ3n) is 5.03. The number of rotatable bonds is 4. The molecule has 2 fully saturated rings. The molecule has 0 spiro atoms. The van der Waals surface area contributed by atoms with Gasteiger partial charge in [0.15, 0.2) is 11.6 Å². The van der Waals surface area contributed by atoms with E-state index in [1.165, 1.54) is 6.07 Å². The van der Waals surface area contributed by atoms with E-state index in [-0.39, 0.29) is 17.9 Å². The van der Waals surface area contributed by atoms with Gasteiger partial charge in [-0.1, -0.05) is 30.3 Å². The van der Waals surface area contributed by atoms with Crippen molar-refractivity contribution in [3.05, 3.63) is 66.0 Å². The quantitative estimate of drug-likeness (QED) is 0.850. The topological polar surface area (TPSA) is 38.8 Å². The summed E-state index contributed by atoms with van der Waals surface area (Å²) in [6.45, 7) is 1.42. The molecule has 1 saturated heterocycles. The van der Waals surface area contributed by atoms with Gasteiger partial charge in [0.2, 0.25) is 0 Å². The molecule has 0 aromatic heterocycles. The summed E-state index contributed by atoms with van der Waals surface area (Å²) >= 11 is 0. The largest absolute Gasteiger partial charge is 0.487 e. The zero-order chi connectivity index (χ0) is 17.2. The van der Waals surface area contributed by atoms with Crippen LogP contribution in [0.5, 0.6) is 5.75 Å². The van der Waals surface area contributed by atoms with E-state index in [9.17, 15) is 9.18 Å². The van der Waals surface area contributed by atoms with E-state index in [2.05, 4.69) is 0 Å². The molecule has 0 bridgehead atoms. The fraction of sp³-hybridized carbons (Fsp3) is 0.350. The SMILES string of the molecule is O=C(ON1CC2CC(Oc3ccccc3F)C[C@H]2C1)c1ccccc1. The standard InChI is InChI=1S/C20H20FNO3/c21-18-8-4-5-9-19(18)24-17-10-15-12-22(13-16(15)11-17)25-20(23)14-6-2-1-3-7-14/h1-9,15-17H,10-13H2/t15-,16?,17?/m0/s1. The number of hydroxylamine groups is 2. The Morgan fingerprint density at radius 1 is 0.960 bits per heavy atom. The minimum atomic E-state index is -0.321. The van der Waals surface area contributed by atoms with Crippen LogP contribution in [0, 0.1) is 17.7 Å². The average molecular weight is 341 g/mol. The number of hydrogen-bond acceptors (Lipinski definition) is 4. The third-order valence-corrected chi connectivity index (χ3v) is 5.03. The summed E-state index contributed by atoms with van der Waals surface area (Å²) in [4.78, 5) is 17.6. The van der Waals surface area contributed by atoms with Gasteiger partial charge in [-0.05, 0) is 48.9 Å². The molecule has 25 heavy (non-hydrogen) atoms. The highest BCUT2D eigenvalue weighted by Gasteiger charge is 2.43. The number of nitrogens with zero attached hydrogens (tertiary/aromatic N) is 1. The van der Waals surface area contributed by atoms with Crippen molar-refractivity contribution < 1.29 is 18.8 Å². The molecule has 2 aliphatic rings. The lowest BCUT2D eigenvalue weighted by Gasteiger charge is -2.19. The highest BCUT2D eigenvalue weighted by atomic mass is 19.1. The first-order valence-corrected chi connectivity index (χ1v) is 8.62. The molecule has 0 amide bonds. The van der Waals surface area contributed by atoms with E-state index in [0.717, 1.165) is 12.8 Å². The second kappa shape index (κ2) is 6.84. The summed E-state index contributed by atoms with van der Waals surface area (Å²) in [5, 5.41) is 1.75. The predicted molar refractivity (Wildman–Crippen MR) is 90.5 cm³/mol. The Morgan fingerprint density at radius 3 is 2.28 bits per heavy atom. The number of ether oxygens (including phenoxy) is 1. The Morgan fingerprint density at radius 2 is 1.60 bits per heavy atom. The van der Waals surface area contributed by atoms with Crippen molar-refractivity contribution in [3.63, 3.8) is 0 Å². The maximum absolute atomic E-state index is 13.7. The lowest BCUT2D eigenvalue weighted by molar-refractivity contribution is -0.0991. The number of halogens is 1. The number of fused-ring (bicyclic) bond motifs is 1. The van der Waals surface area contributed by atoms with Crippen LogP contribution in [0.4, 0.5) is 4.39 Å². The Labute approximate surface area is 146 Å². The van der Waals surface area contributed by atoms with Crippen molar-refractivity contribution in [3.8, 4) is 5.75 Å². The minimum Gasteiger partial charge on any atom is -0.487 e. The van der Waals surface area contributed by atoms with Crippen LogP contribution in [-0.2, 0) is 4.84 Å². The molecule has 130 valence electrons. The smallest absolute Gasteiger partial charge is 0.357 e. The van der Waals surface area contributed by atoms with Crippen molar-refractivity contribution >= 4 is 5.97 Å². The minimum absolute atomic E-state index is 0.0267. The summed E-state index contributed by atoms with van der Waals surface area (Å²) in [6, 6.07) is 15.5. The molecule has 4 rings (SSSR count). The van der Waals surface area contributed by atoms with Crippen LogP contribution in [0.25, 0.3) is 0 Å². The van der Waals surface area contributed by atoms with Crippen molar-refractivity contribution in [2.45, 2.75) is 18.9 Å². The van der Waals surface area contributed by atoms with Gasteiger partial charge in [0.1, 0.15) is 0 Å². The van der Waals surface area contributed by atoms with E-state index < -0.39 is 0 Å². The normalized spacial score (nSPS) is 25.6. The van der Waals surface area contributed by atoms with Crippen molar-refractivity contribution in [1.29, 1.82) is 0 Å². The first-order chi connectivity index (χ1) is 12.2. The summed E-state index contributed by atoms with van der Waals surface area (Å²) in [5.41, 5.74) is 0.556. The maximum Gasteiger partial charge on any atom is 0.357 e. The van der Waals surface area contributed by atoms with E-state index in [1.54, 1.807) is 35.4 Å². The fourth-order valence-corrected chi connectivity index (χ4v) is 3.84. The molecule has 2 unspecified atom stereocenters. The zero-order valence-electron chi connectivity index (χ0n) is 13.8. The Kier molecular flexibility index (Phi) is 4.40. The van der Waals surface area contributed by atoms with Crippen LogP contribution in [-0.4, -0.2) is 30.2 Å². The molecule has 1 aliphatic heterocycles. The summed E-state index contributed by atoms with van der Waals surface area (Å²) in [5.74, 6) is 0.512. The third kappa shape index (κ3) is 3.51. The molecule has 1 heterocycles. The van der Waals surface area contributed by atoms with Gasteiger partial charge in [-0.3, -0.25) is 0 Å². The monoisotopic (exact) mass is 341 g/mol. The van der Waals surface area contributed by atoms with Gasteiger partial charge in [0.05, 0.1) is 11.7 Å². The van der Waals surface area contributed by atoms with Crippen LogP contribution in [0.2, 0.25) is 0 Å². The van der Waals surface area contributed by atoms with E-state index in [1.807, 2.05) is 18.2 Å². The number of carbonyl (C=O) groups excluding carboxylic acids is 1. The van der Waals surface area contributed by atoms with E-state index in [0.29, 0.717) is 36.2 Å². The van der Waals surface area contributed by atoms with Crippen molar-refractivity contribution in [2.24, 2.45) is 11.8 Å². The first-order valence-electron chi connectivity index (χ1n) is 8.62. The second-order valence-electron chi connectivity index (χ2n) is 6.75. The average Bonchev–Trinajstić information content (AvgIpc) is 3.15. The van der Waals surface area contributed by atoms with E-state index in [4.69, 9.17) is 9.57 Å². The summed E-state index contributed by atoms with van der Waals surface area (Å²) in [7, 11) is 0. The van der Waals surface area contributed by atoms with Crippen LogP contribution in [0.3, 0.4) is 0 Å². The van der Waals surface area contributed by atoms with Crippen LogP contribution in [0.15, 0.2) is 54.6 Å². The lowest BCUT2D eigenvalue weighted by Crippen LogP contribution is -2.27. The molecule has 0 radical (unpaired) electrons. The Bertz CT molecular complexity index is 738. The molecule has 1 aliphatic carbocycles. The van der Waals surface area contributed by atoms with Gasteiger partial charge in [-0.15, -0.1) is 5.06 Å². The highest BCUT2D eigenvalue weighted by Crippen LogP contribution is 2.40. The summed E-state index contributed by atoms with van der Waals surface area (Å²) < 4.78 is 19.5. The van der Waals surface area contributed by atoms with Crippen molar-refractivity contribution in [2.75, 3.05) is 13.1 Å². The molecule has 0 N–H and O–H groups in total. The predicted octanol–water partition coefficient (Wildman–Crippen LogP) is 3.69. The molecular formula is C20H20FNO3. The van der Waals surface area contributed by atoms with E-state index >= 15 is 0 Å². The summed E-state index contributed by atoms with van der Waals surface area (Å²) in [6.07, 6.45) is 1.75. The Balaban J connectivity index is 1.30. The zero-order valence-corrected chi connectivity index (χ0v) is 13.8. The van der Waals surface area contributed by atoms with Gasteiger partial charge in [-0.2, -0.15) is 0 Å². The van der Waals surface area contributed by atoms with Crippen LogP contribution < -0.4 is 4.74 Å². The van der Waals surface area contributed by atoms with Crippen LogP contribution in [0.1, 0.15) is 23.2 Å². The van der Waals surface area contributed by atoms with Crippen LogP contribution >= 0.6 is 0 Å². The second-order valence-corrected chi connectivity index (χ2v) is 6.75. The number of para-hydroxylation sites is 1. The molecule has 5 heteroatoms. The first kappa shape index (κ1) is 16.1. The van der Waals surface area contributed by atoms with Gasteiger partial charge >= 0.3 is 5.97 Å². The molecule has 1 saturated carbocycles. The van der Waals surface area contributed by atoms with Crippen molar-refractivity contribution in [1.82, 2.24) is 5.06 Å². The highest BCUT2D eigenvalue weighted by molar-refractivity contribution is 5.89. The maximum atomic E-state index is 13.7. The van der Waals surface area contributed by atoms with Gasteiger partial charge < -0.3 is 9.57 Å². The molecule has 4 nitrogen and oxygen atoms in total. The lowest BCUT2D eigenvalue weighted by atomic mass is 10.0. The molecule has 2 aromatic rings. The van der Waals surface area contributed by atoms with Gasteiger partial charge in [-0.25, -0.2) is 9.18 Å². The molecular weight excluding hydrogens is 321 g/mol. The van der Waals surface area contributed by atoms with Gasteiger partial charge in [0.25, 0.3) is 0 Å². The van der Waals surface area contributed by atoms with Gasteiger partial charge in [0, 0.05) is 13.1 Å². The molecule has 3 atom stereocenters. The Hall–Kier alpha value is -2.40. The molecule has 2 aromatic carbocycles. The fourth-order valence-electron chi connectivity index (χ4n) is 3.84. The number of carbonyl (C=O) groups is 1. The number of hydrogen-bond donors (Lipinski definition) is 0. The number of benzene rings is 2.